The minimum Gasteiger partial charge on any atom is -0.382 e. The highest BCUT2D eigenvalue weighted by Gasteiger charge is 2.14. The summed E-state index contributed by atoms with van der Waals surface area (Å²) in [5, 5.41) is -0.0835. The Kier molecular flexibility index (Phi) is 4.83. The van der Waals surface area contributed by atoms with Gasteiger partial charge in [-0.15, -0.1) is 11.6 Å². The topological polar surface area (TPSA) is 27.1 Å². The van der Waals surface area contributed by atoms with Crippen molar-refractivity contribution in [2.24, 2.45) is 0 Å². The second-order valence-electron chi connectivity index (χ2n) is 4.78. The van der Waals surface area contributed by atoms with Crippen LogP contribution < -0.4 is 0 Å². The number of imidazole rings is 1. The quantitative estimate of drug-likeness (QED) is 0.589. The molecule has 0 radical (unpaired) electrons. The number of aromatic nitrogens is 2. The van der Waals surface area contributed by atoms with Gasteiger partial charge in [0.05, 0.1) is 16.4 Å². The predicted octanol–water partition coefficient (Wildman–Crippen LogP) is 4.07. The zero-order valence-electron chi connectivity index (χ0n) is 11.8. The third-order valence-corrected chi connectivity index (χ3v) is 3.36. The monoisotopic (exact) mass is 280 g/mol. The van der Waals surface area contributed by atoms with Gasteiger partial charge in [-0.2, -0.15) is 0 Å². The average Bonchev–Trinajstić information content (AvgIpc) is 2.73. The molecule has 1 aromatic heterocycles. The van der Waals surface area contributed by atoms with Crippen molar-refractivity contribution in [1.82, 2.24) is 9.55 Å². The molecule has 1 unspecified atom stereocenters. The molecular weight excluding hydrogens is 260 g/mol. The van der Waals surface area contributed by atoms with Crippen molar-refractivity contribution in [1.29, 1.82) is 0 Å². The minimum absolute atomic E-state index is 0.0835. The lowest BCUT2D eigenvalue weighted by molar-refractivity contribution is 0.141. The van der Waals surface area contributed by atoms with Gasteiger partial charge in [0.15, 0.2) is 0 Å². The summed E-state index contributed by atoms with van der Waals surface area (Å²) in [5.74, 6) is 0.943. The van der Waals surface area contributed by atoms with E-state index in [1.165, 1.54) is 11.1 Å². The molecule has 1 aromatic carbocycles. The number of rotatable bonds is 6. The van der Waals surface area contributed by atoms with Crippen LogP contribution in [0.25, 0.3) is 11.0 Å². The van der Waals surface area contributed by atoms with Gasteiger partial charge in [-0.3, -0.25) is 0 Å². The molecule has 0 aliphatic rings. The van der Waals surface area contributed by atoms with E-state index in [0.717, 1.165) is 37.5 Å². The van der Waals surface area contributed by atoms with E-state index in [1.807, 2.05) is 13.8 Å². The molecule has 0 N–H and O–H groups in total. The van der Waals surface area contributed by atoms with Crippen LogP contribution in [0.2, 0.25) is 0 Å². The van der Waals surface area contributed by atoms with E-state index in [9.17, 15) is 0 Å². The summed E-state index contributed by atoms with van der Waals surface area (Å²) >= 11 is 6.25. The van der Waals surface area contributed by atoms with Crippen molar-refractivity contribution in [3.05, 3.63) is 29.6 Å². The number of ether oxygens (including phenoxy) is 1. The van der Waals surface area contributed by atoms with Gasteiger partial charge in [0.25, 0.3) is 0 Å². The van der Waals surface area contributed by atoms with E-state index in [1.54, 1.807) is 0 Å². The second kappa shape index (κ2) is 6.40. The fourth-order valence-electron chi connectivity index (χ4n) is 2.26. The van der Waals surface area contributed by atoms with Crippen molar-refractivity contribution in [2.45, 2.75) is 39.1 Å². The Balaban J connectivity index is 2.31. The van der Waals surface area contributed by atoms with Crippen molar-refractivity contribution in [2.75, 3.05) is 13.2 Å². The van der Waals surface area contributed by atoms with Gasteiger partial charge in [0.1, 0.15) is 5.82 Å². The molecule has 0 saturated carbocycles. The number of aryl methyl sites for hydroxylation is 2. The number of hydrogen-bond acceptors (Lipinski definition) is 2. The van der Waals surface area contributed by atoms with E-state index >= 15 is 0 Å². The number of hydrogen-bond donors (Lipinski definition) is 0. The van der Waals surface area contributed by atoms with Crippen LogP contribution in [-0.2, 0) is 11.3 Å². The predicted molar refractivity (Wildman–Crippen MR) is 79.8 cm³/mol. The Labute approximate surface area is 119 Å². The molecule has 104 valence electrons. The molecule has 0 aliphatic heterocycles. The first-order valence-electron chi connectivity index (χ1n) is 6.82. The molecule has 1 atom stereocenters. The van der Waals surface area contributed by atoms with Crippen LogP contribution in [0.1, 0.15) is 37.0 Å². The van der Waals surface area contributed by atoms with Crippen LogP contribution in [0.4, 0.5) is 0 Å². The van der Waals surface area contributed by atoms with E-state index in [4.69, 9.17) is 16.3 Å². The molecule has 3 nitrogen and oxygen atoms in total. The molecule has 0 bridgehead atoms. The summed E-state index contributed by atoms with van der Waals surface area (Å²) in [6.45, 7) is 8.52. The fraction of sp³-hybridized carbons (Fsp3) is 0.533. The SMILES string of the molecule is CCOCCCn1c(C(C)Cl)nc2ccc(C)cc21. The van der Waals surface area contributed by atoms with Crippen LogP contribution >= 0.6 is 11.6 Å². The molecule has 0 aliphatic carbocycles. The van der Waals surface area contributed by atoms with Gasteiger partial charge < -0.3 is 9.30 Å². The van der Waals surface area contributed by atoms with Crippen molar-refractivity contribution in [3.8, 4) is 0 Å². The van der Waals surface area contributed by atoms with E-state index in [0.29, 0.717) is 0 Å². The van der Waals surface area contributed by atoms with Crippen LogP contribution in [0.5, 0.6) is 0 Å². The smallest absolute Gasteiger partial charge is 0.127 e. The highest BCUT2D eigenvalue weighted by atomic mass is 35.5. The minimum atomic E-state index is -0.0835. The average molecular weight is 281 g/mol. The highest BCUT2D eigenvalue weighted by Crippen LogP contribution is 2.25. The van der Waals surface area contributed by atoms with Crippen LogP contribution in [0.15, 0.2) is 18.2 Å². The first-order valence-corrected chi connectivity index (χ1v) is 7.25. The molecule has 0 spiro atoms. The Morgan fingerprint density at radius 1 is 1.42 bits per heavy atom. The second-order valence-corrected chi connectivity index (χ2v) is 5.43. The third-order valence-electron chi connectivity index (χ3n) is 3.16. The van der Waals surface area contributed by atoms with E-state index in [-0.39, 0.29) is 5.38 Å². The molecule has 4 heteroatoms. The maximum Gasteiger partial charge on any atom is 0.127 e. The molecular formula is C15H21ClN2O. The Bertz CT molecular complexity index is 548. The van der Waals surface area contributed by atoms with Crippen molar-refractivity contribution in [3.63, 3.8) is 0 Å². The summed E-state index contributed by atoms with van der Waals surface area (Å²) < 4.78 is 7.62. The zero-order valence-corrected chi connectivity index (χ0v) is 12.6. The number of fused-ring (bicyclic) bond motifs is 1. The lowest BCUT2D eigenvalue weighted by Gasteiger charge is -2.10. The summed E-state index contributed by atoms with van der Waals surface area (Å²) in [6, 6.07) is 6.32. The largest absolute Gasteiger partial charge is 0.382 e. The van der Waals surface area contributed by atoms with Gasteiger partial charge in [-0.05, 0) is 44.9 Å². The van der Waals surface area contributed by atoms with Gasteiger partial charge in [-0.1, -0.05) is 6.07 Å². The maximum absolute atomic E-state index is 6.25. The van der Waals surface area contributed by atoms with Crippen molar-refractivity contribution < 1.29 is 4.74 Å². The van der Waals surface area contributed by atoms with E-state index in [2.05, 4.69) is 34.7 Å². The first kappa shape index (κ1) is 14.4. The molecule has 2 rings (SSSR count). The third kappa shape index (κ3) is 3.28. The highest BCUT2D eigenvalue weighted by molar-refractivity contribution is 6.20. The Hall–Kier alpha value is -1.06. The number of nitrogens with zero attached hydrogens (tertiary/aromatic N) is 2. The van der Waals surface area contributed by atoms with Crippen molar-refractivity contribution >= 4 is 22.6 Å². The lowest BCUT2D eigenvalue weighted by Crippen LogP contribution is -2.07. The van der Waals surface area contributed by atoms with Gasteiger partial charge in [-0.25, -0.2) is 4.98 Å². The Morgan fingerprint density at radius 3 is 2.89 bits per heavy atom. The van der Waals surface area contributed by atoms with Crippen LogP contribution in [-0.4, -0.2) is 22.8 Å². The molecule has 1 heterocycles. The lowest BCUT2D eigenvalue weighted by atomic mass is 10.2. The molecule has 19 heavy (non-hydrogen) atoms. The standard InChI is InChI=1S/C15H21ClN2O/c1-4-19-9-5-8-18-14-10-11(2)6-7-13(14)17-15(18)12(3)16/h6-7,10,12H,4-5,8-9H2,1-3H3. The number of benzene rings is 1. The summed E-state index contributed by atoms with van der Waals surface area (Å²) in [5.41, 5.74) is 3.43. The molecule has 2 aromatic rings. The van der Waals surface area contributed by atoms with Gasteiger partial charge in [0, 0.05) is 19.8 Å². The maximum atomic E-state index is 6.25. The van der Waals surface area contributed by atoms with Crippen LogP contribution in [0.3, 0.4) is 0 Å². The number of halogens is 1. The fourth-order valence-corrected chi connectivity index (χ4v) is 2.43. The van der Waals surface area contributed by atoms with Crippen LogP contribution in [0, 0.1) is 6.92 Å². The Morgan fingerprint density at radius 2 is 2.21 bits per heavy atom. The zero-order chi connectivity index (χ0) is 13.8. The van der Waals surface area contributed by atoms with Gasteiger partial charge in [0.2, 0.25) is 0 Å². The molecule has 0 amide bonds. The van der Waals surface area contributed by atoms with Gasteiger partial charge >= 0.3 is 0 Å². The summed E-state index contributed by atoms with van der Waals surface area (Å²) in [6.07, 6.45) is 0.976. The molecule has 0 fully saturated rings. The molecule has 0 saturated heterocycles. The first-order chi connectivity index (χ1) is 9.13. The normalized spacial score (nSPS) is 13.1. The van der Waals surface area contributed by atoms with E-state index < -0.39 is 0 Å². The summed E-state index contributed by atoms with van der Waals surface area (Å²) in [4.78, 5) is 4.64. The summed E-state index contributed by atoms with van der Waals surface area (Å²) in [7, 11) is 0. The number of alkyl halides is 1.